The Morgan fingerprint density at radius 2 is 1.52 bits per heavy atom. The first kappa shape index (κ1) is 22.7. The fourth-order valence-corrected chi connectivity index (χ4v) is 4.23. The SMILES string of the molecule is CN(C)Cc1ccccc1CNC(=O)c1cccc(S(=O)(=O)NCc2ccccc2)c1. The zero-order valence-electron chi connectivity index (χ0n) is 17.7. The molecule has 6 nitrogen and oxygen atoms in total. The third kappa shape index (κ3) is 6.49. The normalized spacial score (nSPS) is 11.5. The summed E-state index contributed by atoms with van der Waals surface area (Å²) in [6, 6.07) is 23.3. The number of hydrogen-bond donors (Lipinski definition) is 2. The van der Waals surface area contributed by atoms with Crippen molar-refractivity contribution >= 4 is 15.9 Å². The lowest BCUT2D eigenvalue weighted by Gasteiger charge is -2.15. The number of nitrogens with one attached hydrogen (secondary N) is 2. The van der Waals surface area contributed by atoms with Crippen molar-refractivity contribution in [2.75, 3.05) is 14.1 Å². The molecule has 0 aliphatic heterocycles. The van der Waals surface area contributed by atoms with E-state index in [1.54, 1.807) is 12.1 Å². The predicted octanol–water partition coefficient (Wildman–Crippen LogP) is 3.16. The van der Waals surface area contributed by atoms with E-state index in [1.807, 2.05) is 68.7 Å². The van der Waals surface area contributed by atoms with Gasteiger partial charge in [-0.25, -0.2) is 13.1 Å². The van der Waals surface area contributed by atoms with Crippen molar-refractivity contribution in [2.45, 2.75) is 24.5 Å². The van der Waals surface area contributed by atoms with Gasteiger partial charge >= 0.3 is 0 Å². The van der Waals surface area contributed by atoms with E-state index in [9.17, 15) is 13.2 Å². The Hall–Kier alpha value is -3.00. The topological polar surface area (TPSA) is 78.5 Å². The van der Waals surface area contributed by atoms with Gasteiger partial charge in [-0.15, -0.1) is 0 Å². The van der Waals surface area contributed by atoms with Crippen LogP contribution in [0.25, 0.3) is 0 Å². The molecule has 0 atom stereocenters. The summed E-state index contributed by atoms with van der Waals surface area (Å²) in [5.74, 6) is -0.320. The molecular weight excluding hydrogens is 410 g/mol. The van der Waals surface area contributed by atoms with Crippen LogP contribution in [0.2, 0.25) is 0 Å². The second kappa shape index (κ2) is 10.3. The van der Waals surface area contributed by atoms with E-state index in [0.29, 0.717) is 12.1 Å². The van der Waals surface area contributed by atoms with E-state index < -0.39 is 10.0 Å². The maximum atomic E-state index is 12.7. The number of nitrogens with zero attached hydrogens (tertiary/aromatic N) is 1. The number of carbonyl (C=O) groups excluding carboxylic acids is 1. The smallest absolute Gasteiger partial charge is 0.251 e. The minimum absolute atomic E-state index is 0.0593. The van der Waals surface area contributed by atoms with Gasteiger partial charge in [0.1, 0.15) is 0 Å². The lowest BCUT2D eigenvalue weighted by molar-refractivity contribution is 0.0950. The summed E-state index contributed by atoms with van der Waals surface area (Å²) in [5, 5.41) is 2.89. The quantitative estimate of drug-likeness (QED) is 0.539. The summed E-state index contributed by atoms with van der Waals surface area (Å²) >= 11 is 0. The molecule has 0 aromatic heterocycles. The molecule has 0 unspecified atom stereocenters. The maximum absolute atomic E-state index is 12.7. The van der Waals surface area contributed by atoms with Gasteiger partial charge in [-0.05, 0) is 49.0 Å². The summed E-state index contributed by atoms with van der Waals surface area (Å²) in [5.41, 5.74) is 3.32. The van der Waals surface area contributed by atoms with Crippen LogP contribution in [0.3, 0.4) is 0 Å². The van der Waals surface area contributed by atoms with E-state index in [2.05, 4.69) is 14.9 Å². The van der Waals surface area contributed by atoms with Gasteiger partial charge in [0.15, 0.2) is 0 Å². The summed E-state index contributed by atoms with van der Waals surface area (Å²) in [6.07, 6.45) is 0. The molecule has 3 rings (SSSR count). The van der Waals surface area contributed by atoms with E-state index in [1.165, 1.54) is 12.1 Å². The van der Waals surface area contributed by atoms with Gasteiger partial charge in [0.25, 0.3) is 5.91 Å². The number of rotatable bonds is 9. The third-order valence-corrected chi connectivity index (χ3v) is 6.16. The molecule has 2 N–H and O–H groups in total. The largest absolute Gasteiger partial charge is 0.348 e. The van der Waals surface area contributed by atoms with Crippen LogP contribution in [0.4, 0.5) is 0 Å². The Bertz CT molecular complexity index is 1130. The Morgan fingerprint density at radius 1 is 0.839 bits per heavy atom. The molecule has 0 radical (unpaired) electrons. The van der Waals surface area contributed by atoms with Crippen molar-refractivity contribution in [3.63, 3.8) is 0 Å². The van der Waals surface area contributed by atoms with Crippen molar-refractivity contribution in [1.29, 1.82) is 0 Å². The molecule has 7 heteroatoms. The van der Waals surface area contributed by atoms with Crippen LogP contribution in [0.5, 0.6) is 0 Å². The summed E-state index contributed by atoms with van der Waals surface area (Å²) < 4.78 is 27.9. The average Bonchev–Trinajstić information content (AvgIpc) is 2.77. The van der Waals surface area contributed by atoms with Gasteiger partial charge in [-0.2, -0.15) is 0 Å². The average molecular weight is 438 g/mol. The van der Waals surface area contributed by atoms with E-state index in [4.69, 9.17) is 0 Å². The molecule has 0 aliphatic rings. The highest BCUT2D eigenvalue weighted by Gasteiger charge is 2.16. The summed E-state index contributed by atoms with van der Waals surface area (Å²) in [4.78, 5) is 14.8. The number of amides is 1. The second-order valence-electron chi connectivity index (χ2n) is 7.53. The minimum Gasteiger partial charge on any atom is -0.348 e. The number of carbonyl (C=O) groups is 1. The number of benzene rings is 3. The molecule has 3 aromatic rings. The second-order valence-corrected chi connectivity index (χ2v) is 9.29. The fourth-order valence-electron chi connectivity index (χ4n) is 3.16. The Balaban J connectivity index is 1.67. The van der Waals surface area contributed by atoms with Crippen LogP contribution in [-0.2, 0) is 29.7 Å². The van der Waals surface area contributed by atoms with Gasteiger partial charge in [-0.1, -0.05) is 60.7 Å². The van der Waals surface area contributed by atoms with Gasteiger partial charge < -0.3 is 10.2 Å². The maximum Gasteiger partial charge on any atom is 0.251 e. The van der Waals surface area contributed by atoms with Gasteiger partial charge in [-0.3, -0.25) is 4.79 Å². The molecule has 162 valence electrons. The Kier molecular flexibility index (Phi) is 7.57. The number of sulfonamides is 1. The third-order valence-electron chi connectivity index (χ3n) is 4.76. The monoisotopic (exact) mass is 437 g/mol. The van der Waals surface area contributed by atoms with Gasteiger partial charge in [0.2, 0.25) is 10.0 Å². The highest BCUT2D eigenvalue weighted by molar-refractivity contribution is 7.89. The van der Waals surface area contributed by atoms with Gasteiger partial charge in [0.05, 0.1) is 4.90 Å². The number of hydrogen-bond acceptors (Lipinski definition) is 4. The highest BCUT2D eigenvalue weighted by Crippen LogP contribution is 2.14. The zero-order chi connectivity index (χ0) is 22.3. The van der Waals surface area contributed by atoms with E-state index in [-0.39, 0.29) is 17.3 Å². The molecule has 0 fully saturated rings. The van der Waals surface area contributed by atoms with Crippen molar-refractivity contribution in [2.24, 2.45) is 0 Å². The van der Waals surface area contributed by atoms with Crippen LogP contribution >= 0.6 is 0 Å². The fraction of sp³-hybridized carbons (Fsp3) is 0.208. The van der Waals surface area contributed by atoms with Crippen molar-refractivity contribution in [3.8, 4) is 0 Å². The lowest BCUT2D eigenvalue weighted by Crippen LogP contribution is -2.26. The molecule has 0 bridgehead atoms. The molecule has 31 heavy (non-hydrogen) atoms. The minimum atomic E-state index is -3.74. The molecule has 1 amide bonds. The Morgan fingerprint density at radius 3 is 2.23 bits per heavy atom. The molecule has 0 spiro atoms. The molecule has 0 heterocycles. The summed E-state index contributed by atoms with van der Waals surface area (Å²) in [6.45, 7) is 1.32. The summed E-state index contributed by atoms with van der Waals surface area (Å²) in [7, 11) is 0.249. The van der Waals surface area contributed by atoms with Crippen LogP contribution in [0.15, 0.2) is 83.8 Å². The van der Waals surface area contributed by atoms with Gasteiger partial charge in [0, 0.05) is 25.2 Å². The first-order valence-corrected chi connectivity index (χ1v) is 11.5. The molecule has 3 aromatic carbocycles. The zero-order valence-corrected chi connectivity index (χ0v) is 18.5. The molecular formula is C24H27N3O3S. The first-order chi connectivity index (χ1) is 14.8. The first-order valence-electron chi connectivity index (χ1n) is 9.98. The Labute approximate surface area is 184 Å². The van der Waals surface area contributed by atoms with Crippen molar-refractivity contribution in [1.82, 2.24) is 14.9 Å². The van der Waals surface area contributed by atoms with Crippen LogP contribution in [0.1, 0.15) is 27.0 Å². The molecule has 0 saturated carbocycles. The predicted molar refractivity (Wildman–Crippen MR) is 122 cm³/mol. The van der Waals surface area contributed by atoms with E-state index >= 15 is 0 Å². The lowest BCUT2D eigenvalue weighted by atomic mass is 10.1. The molecule has 0 saturated heterocycles. The molecule has 0 aliphatic carbocycles. The van der Waals surface area contributed by atoms with Crippen LogP contribution in [0, 0.1) is 0 Å². The van der Waals surface area contributed by atoms with E-state index in [0.717, 1.165) is 23.2 Å². The van der Waals surface area contributed by atoms with Crippen molar-refractivity contribution in [3.05, 3.63) is 101 Å². The van der Waals surface area contributed by atoms with Crippen LogP contribution in [-0.4, -0.2) is 33.3 Å². The van der Waals surface area contributed by atoms with Crippen LogP contribution < -0.4 is 10.0 Å². The van der Waals surface area contributed by atoms with Crippen molar-refractivity contribution < 1.29 is 13.2 Å². The standard InChI is InChI=1S/C24H27N3O3S/c1-27(2)18-22-12-7-6-11-21(22)17-25-24(28)20-13-8-14-23(15-20)31(29,30)26-16-19-9-4-3-5-10-19/h3-15,26H,16-18H2,1-2H3,(H,25,28). The highest BCUT2D eigenvalue weighted by atomic mass is 32.2.